The van der Waals surface area contributed by atoms with Crippen LogP contribution in [0, 0.1) is 6.92 Å². The zero-order valence-corrected chi connectivity index (χ0v) is 9.43. The Labute approximate surface area is 91.3 Å². The van der Waals surface area contributed by atoms with Gasteiger partial charge in [-0.2, -0.15) is 0 Å². The van der Waals surface area contributed by atoms with Gasteiger partial charge in [-0.1, -0.05) is 36.2 Å². The van der Waals surface area contributed by atoms with Crippen LogP contribution in [-0.4, -0.2) is 5.38 Å². The van der Waals surface area contributed by atoms with E-state index >= 15 is 0 Å². The van der Waals surface area contributed by atoms with Gasteiger partial charge >= 0.3 is 0 Å². The minimum Gasteiger partial charge on any atom is -0.123 e. The Morgan fingerprint density at radius 3 is 2.86 bits per heavy atom. The molecule has 14 heavy (non-hydrogen) atoms. The zero-order chi connectivity index (χ0) is 9.97. The molecular formula is C13H17Cl. The zero-order valence-electron chi connectivity index (χ0n) is 8.67. The van der Waals surface area contributed by atoms with Gasteiger partial charge in [0.25, 0.3) is 0 Å². The van der Waals surface area contributed by atoms with Gasteiger partial charge in [-0.15, -0.1) is 11.6 Å². The molecule has 1 saturated carbocycles. The van der Waals surface area contributed by atoms with Crippen LogP contribution < -0.4 is 0 Å². The molecule has 0 spiro atoms. The molecule has 0 heterocycles. The molecule has 0 saturated heterocycles. The Morgan fingerprint density at radius 1 is 1.29 bits per heavy atom. The average molecular weight is 209 g/mol. The van der Waals surface area contributed by atoms with E-state index in [0.29, 0.717) is 11.3 Å². The monoisotopic (exact) mass is 208 g/mol. The van der Waals surface area contributed by atoms with Gasteiger partial charge in [0.05, 0.1) is 0 Å². The van der Waals surface area contributed by atoms with Crippen LogP contribution in [0.4, 0.5) is 0 Å². The van der Waals surface area contributed by atoms with Crippen molar-refractivity contribution in [3.05, 3.63) is 35.4 Å². The molecule has 1 aliphatic rings. The predicted molar refractivity (Wildman–Crippen MR) is 62.0 cm³/mol. The van der Waals surface area contributed by atoms with Gasteiger partial charge in [0, 0.05) is 5.38 Å². The fraction of sp³-hybridized carbons (Fsp3) is 0.538. The molecule has 0 radical (unpaired) electrons. The van der Waals surface area contributed by atoms with Crippen LogP contribution in [0.25, 0.3) is 0 Å². The molecule has 0 bridgehead atoms. The van der Waals surface area contributed by atoms with Crippen LogP contribution in [0.15, 0.2) is 24.3 Å². The van der Waals surface area contributed by atoms with Crippen LogP contribution in [-0.2, 0) is 0 Å². The summed E-state index contributed by atoms with van der Waals surface area (Å²) in [4.78, 5) is 0. The lowest BCUT2D eigenvalue weighted by molar-refractivity contribution is 0.449. The van der Waals surface area contributed by atoms with Crippen molar-refractivity contribution in [2.75, 3.05) is 0 Å². The molecule has 1 aromatic carbocycles. The van der Waals surface area contributed by atoms with Gasteiger partial charge in [-0.3, -0.25) is 0 Å². The highest BCUT2D eigenvalue weighted by atomic mass is 35.5. The molecule has 1 aliphatic carbocycles. The van der Waals surface area contributed by atoms with Gasteiger partial charge in [-0.25, -0.2) is 0 Å². The van der Waals surface area contributed by atoms with Crippen molar-refractivity contribution in [3.8, 4) is 0 Å². The van der Waals surface area contributed by atoms with Crippen LogP contribution >= 0.6 is 11.6 Å². The van der Waals surface area contributed by atoms with E-state index in [-0.39, 0.29) is 0 Å². The molecule has 0 amide bonds. The molecule has 1 aromatic rings. The molecule has 76 valence electrons. The first kappa shape index (κ1) is 10.0. The second kappa shape index (κ2) is 4.35. The maximum Gasteiger partial charge on any atom is 0.0341 e. The van der Waals surface area contributed by atoms with Gasteiger partial charge < -0.3 is 0 Å². The number of halogens is 1. The molecule has 0 nitrogen and oxygen atoms in total. The Kier molecular flexibility index (Phi) is 3.12. The maximum atomic E-state index is 6.20. The van der Waals surface area contributed by atoms with Crippen molar-refractivity contribution < 1.29 is 0 Å². The van der Waals surface area contributed by atoms with E-state index in [0.717, 1.165) is 6.42 Å². The van der Waals surface area contributed by atoms with Crippen molar-refractivity contribution in [3.63, 3.8) is 0 Å². The third kappa shape index (κ3) is 2.30. The van der Waals surface area contributed by atoms with Gasteiger partial charge in [0.1, 0.15) is 0 Å². The first-order valence-electron chi connectivity index (χ1n) is 5.46. The van der Waals surface area contributed by atoms with Gasteiger partial charge in [-0.05, 0) is 37.7 Å². The molecule has 0 aliphatic heterocycles. The van der Waals surface area contributed by atoms with E-state index < -0.39 is 0 Å². The van der Waals surface area contributed by atoms with Crippen molar-refractivity contribution in [2.45, 2.75) is 43.9 Å². The van der Waals surface area contributed by atoms with Gasteiger partial charge in [0.15, 0.2) is 0 Å². The third-order valence-corrected chi connectivity index (χ3v) is 3.52. The minimum absolute atomic E-state index is 0.397. The normalized spacial score (nSPS) is 27.6. The molecular weight excluding hydrogens is 192 g/mol. The first-order chi connectivity index (χ1) is 6.75. The molecule has 0 aromatic heterocycles. The van der Waals surface area contributed by atoms with Crippen molar-refractivity contribution >= 4 is 11.6 Å². The molecule has 2 rings (SSSR count). The molecule has 2 atom stereocenters. The Hall–Kier alpha value is -0.490. The number of hydrogen-bond acceptors (Lipinski definition) is 0. The largest absolute Gasteiger partial charge is 0.123 e. The molecule has 1 heteroatoms. The summed E-state index contributed by atoms with van der Waals surface area (Å²) in [7, 11) is 0. The Balaban J connectivity index is 2.14. The lowest BCUT2D eigenvalue weighted by Crippen LogP contribution is -2.13. The summed E-state index contributed by atoms with van der Waals surface area (Å²) in [5.74, 6) is 0.700. The number of benzene rings is 1. The average Bonchev–Trinajstić information content (AvgIpc) is 2.18. The summed E-state index contributed by atoms with van der Waals surface area (Å²) >= 11 is 6.20. The Bertz CT molecular complexity index is 306. The van der Waals surface area contributed by atoms with E-state index in [2.05, 4.69) is 31.2 Å². The second-order valence-electron chi connectivity index (χ2n) is 4.37. The van der Waals surface area contributed by atoms with E-state index in [4.69, 9.17) is 11.6 Å². The highest BCUT2D eigenvalue weighted by Crippen LogP contribution is 2.35. The summed E-state index contributed by atoms with van der Waals surface area (Å²) in [5.41, 5.74) is 2.84. The predicted octanol–water partition coefficient (Wildman–Crippen LogP) is 4.26. The van der Waals surface area contributed by atoms with E-state index in [1.165, 1.54) is 30.4 Å². The summed E-state index contributed by atoms with van der Waals surface area (Å²) < 4.78 is 0. The first-order valence-corrected chi connectivity index (χ1v) is 5.90. The standard InChI is InChI=1S/C13H17Cl/c1-10-4-2-5-11(8-10)12-6-3-7-13(14)9-12/h2,4-5,8,12-13H,3,6-7,9H2,1H3. The minimum atomic E-state index is 0.397. The van der Waals surface area contributed by atoms with Crippen LogP contribution in [0.2, 0.25) is 0 Å². The van der Waals surface area contributed by atoms with Crippen LogP contribution in [0.5, 0.6) is 0 Å². The van der Waals surface area contributed by atoms with Crippen molar-refractivity contribution in [1.82, 2.24) is 0 Å². The third-order valence-electron chi connectivity index (χ3n) is 3.12. The SMILES string of the molecule is Cc1cccc(C2CCCC(Cl)C2)c1. The highest BCUT2D eigenvalue weighted by Gasteiger charge is 2.21. The maximum absolute atomic E-state index is 6.20. The number of aryl methyl sites for hydroxylation is 1. The number of alkyl halides is 1. The molecule has 1 fully saturated rings. The van der Waals surface area contributed by atoms with Crippen molar-refractivity contribution in [1.29, 1.82) is 0 Å². The van der Waals surface area contributed by atoms with Crippen LogP contribution in [0.1, 0.15) is 42.7 Å². The number of rotatable bonds is 1. The fourth-order valence-corrected chi connectivity index (χ4v) is 2.73. The fourth-order valence-electron chi connectivity index (χ4n) is 2.36. The quantitative estimate of drug-likeness (QED) is 0.605. The topological polar surface area (TPSA) is 0 Å². The van der Waals surface area contributed by atoms with E-state index in [1.54, 1.807) is 0 Å². The van der Waals surface area contributed by atoms with E-state index in [9.17, 15) is 0 Å². The van der Waals surface area contributed by atoms with Gasteiger partial charge in [0.2, 0.25) is 0 Å². The summed E-state index contributed by atoms with van der Waals surface area (Å²) in [6.07, 6.45) is 4.95. The highest BCUT2D eigenvalue weighted by molar-refractivity contribution is 6.20. The smallest absolute Gasteiger partial charge is 0.0341 e. The lowest BCUT2D eigenvalue weighted by Gasteiger charge is -2.25. The summed E-state index contributed by atoms with van der Waals surface area (Å²) in [6, 6.07) is 8.86. The van der Waals surface area contributed by atoms with Crippen LogP contribution in [0.3, 0.4) is 0 Å². The summed E-state index contributed by atoms with van der Waals surface area (Å²) in [6.45, 7) is 2.16. The lowest BCUT2D eigenvalue weighted by atomic mass is 9.83. The summed E-state index contributed by atoms with van der Waals surface area (Å²) in [5, 5.41) is 0.397. The second-order valence-corrected chi connectivity index (χ2v) is 4.99. The van der Waals surface area contributed by atoms with E-state index in [1.807, 2.05) is 0 Å². The molecule has 0 N–H and O–H groups in total. The Morgan fingerprint density at radius 2 is 2.14 bits per heavy atom. The number of hydrogen-bond donors (Lipinski definition) is 0. The van der Waals surface area contributed by atoms with Crippen molar-refractivity contribution in [2.24, 2.45) is 0 Å². The molecule has 2 unspecified atom stereocenters.